The third-order valence-electron chi connectivity index (χ3n) is 2.51. The van der Waals surface area contributed by atoms with Crippen LogP contribution >= 0.6 is 15.2 Å². The summed E-state index contributed by atoms with van der Waals surface area (Å²) in [7, 11) is -10.9. The molecule has 0 aliphatic carbocycles. The first-order valence-electron chi connectivity index (χ1n) is 5.59. The maximum absolute atomic E-state index is 11.0. The molecule has 0 spiro atoms. The zero-order valence-electron chi connectivity index (χ0n) is 11.2. The summed E-state index contributed by atoms with van der Waals surface area (Å²) in [4.78, 5) is 37.3. The van der Waals surface area contributed by atoms with Crippen LogP contribution in [0.2, 0.25) is 0 Å². The first-order valence-corrected chi connectivity index (χ1v) is 8.78. The molecule has 19 heavy (non-hydrogen) atoms. The van der Waals surface area contributed by atoms with Gasteiger partial charge >= 0.3 is 37.2 Å². The third kappa shape index (κ3) is 7.16. The predicted molar refractivity (Wildman–Crippen MR) is 63.8 cm³/mol. The van der Waals surface area contributed by atoms with E-state index in [9.17, 15) is 19.1 Å². The van der Waals surface area contributed by atoms with Gasteiger partial charge in [0.25, 0.3) is 0 Å². The van der Waals surface area contributed by atoms with E-state index in [1.165, 1.54) is 0 Å². The maximum Gasteiger partial charge on any atom is 1.00 e. The molecule has 0 aromatic rings. The molecule has 2 atom stereocenters. The Hall–Kier alpha value is 1.22. The van der Waals surface area contributed by atoms with Crippen LogP contribution in [0.3, 0.4) is 0 Å². The molecule has 0 aromatic carbocycles. The zero-order chi connectivity index (χ0) is 14.4. The van der Waals surface area contributed by atoms with Crippen molar-refractivity contribution in [1.29, 1.82) is 0 Å². The Morgan fingerprint density at radius 1 is 1.16 bits per heavy atom. The van der Waals surface area contributed by atoms with Crippen LogP contribution < -0.4 is 39.8 Å². The Labute approximate surface area is 134 Å². The molecule has 5 N–H and O–H groups in total. The van der Waals surface area contributed by atoms with E-state index >= 15 is 0 Å². The van der Waals surface area contributed by atoms with Crippen molar-refractivity contribution in [1.82, 2.24) is 5.32 Å². The van der Waals surface area contributed by atoms with Gasteiger partial charge < -0.3 is 34.6 Å². The van der Waals surface area contributed by atoms with E-state index in [-0.39, 0.29) is 36.1 Å². The van der Waals surface area contributed by atoms with Gasteiger partial charge in [-0.25, -0.2) is 0 Å². The van der Waals surface area contributed by atoms with Crippen LogP contribution in [0.25, 0.3) is 0 Å². The van der Waals surface area contributed by atoms with Gasteiger partial charge in [0.05, 0.1) is 0 Å². The van der Waals surface area contributed by atoms with Crippen LogP contribution in [-0.4, -0.2) is 38.0 Å². The standard InChI is InChI=1S/C8H21NO7P2.Na/c1-2-3-4-6-9-7-5-8(10,17(11,12)13)18(14,15)16;/h9-10H,2-7H2,1H3,(H2,11,12,13)(H2,14,15,16);/q;+1/p-1. The van der Waals surface area contributed by atoms with Crippen LogP contribution in [0.4, 0.5) is 0 Å². The van der Waals surface area contributed by atoms with Crippen LogP contribution in [0.5, 0.6) is 0 Å². The monoisotopic (exact) mass is 327 g/mol. The van der Waals surface area contributed by atoms with E-state index in [1.54, 1.807) is 0 Å². The Kier molecular flexibility index (Phi) is 11.0. The van der Waals surface area contributed by atoms with Crippen molar-refractivity contribution in [2.45, 2.75) is 37.7 Å². The molecular formula is C8H20NNaO7P2. The van der Waals surface area contributed by atoms with Crippen molar-refractivity contribution in [2.24, 2.45) is 0 Å². The fraction of sp³-hybridized carbons (Fsp3) is 1.00. The van der Waals surface area contributed by atoms with E-state index in [0.29, 0.717) is 6.54 Å². The van der Waals surface area contributed by atoms with Crippen LogP contribution in [-0.2, 0) is 9.13 Å². The topological polar surface area (TPSA) is 150 Å². The number of hydrogen-bond acceptors (Lipinski definition) is 5. The van der Waals surface area contributed by atoms with E-state index in [0.717, 1.165) is 19.3 Å². The quantitative estimate of drug-likeness (QED) is 0.166. The van der Waals surface area contributed by atoms with E-state index < -0.39 is 26.7 Å². The van der Waals surface area contributed by atoms with Crippen molar-refractivity contribution in [3.8, 4) is 0 Å². The molecule has 0 bridgehead atoms. The summed E-state index contributed by atoms with van der Waals surface area (Å²) in [5.74, 6) is 0. The normalized spacial score (nSPS) is 18.2. The Morgan fingerprint density at radius 2 is 1.68 bits per heavy atom. The molecule has 0 rings (SSSR count). The van der Waals surface area contributed by atoms with Crippen molar-refractivity contribution in [3.63, 3.8) is 0 Å². The van der Waals surface area contributed by atoms with Gasteiger partial charge in [-0.3, -0.25) is 4.57 Å². The van der Waals surface area contributed by atoms with Crippen LogP contribution in [0, 0.1) is 0 Å². The van der Waals surface area contributed by atoms with Gasteiger partial charge in [0.1, 0.15) is 0 Å². The fourth-order valence-electron chi connectivity index (χ4n) is 1.33. The molecule has 110 valence electrons. The van der Waals surface area contributed by atoms with Crippen molar-refractivity contribution in [3.05, 3.63) is 0 Å². The van der Waals surface area contributed by atoms with Gasteiger partial charge in [0.15, 0.2) is 7.60 Å². The Balaban J connectivity index is 0. The molecule has 0 saturated carbocycles. The van der Waals surface area contributed by atoms with Crippen molar-refractivity contribution >= 4 is 15.2 Å². The summed E-state index contributed by atoms with van der Waals surface area (Å²) in [6.45, 7) is 2.42. The van der Waals surface area contributed by atoms with Gasteiger partial charge in [-0.2, -0.15) is 0 Å². The molecule has 2 unspecified atom stereocenters. The zero-order valence-corrected chi connectivity index (χ0v) is 14.9. The second-order valence-corrected chi connectivity index (χ2v) is 8.01. The number of rotatable bonds is 9. The number of nitrogens with one attached hydrogen (secondary N) is 1. The first-order chi connectivity index (χ1) is 8.06. The molecule has 0 aliphatic heterocycles. The smallest absolute Gasteiger partial charge is 0.776 e. The van der Waals surface area contributed by atoms with E-state index in [1.807, 2.05) is 6.92 Å². The summed E-state index contributed by atoms with van der Waals surface area (Å²) in [5, 5.41) is 8.79. The van der Waals surface area contributed by atoms with Gasteiger partial charge in [-0.15, -0.1) is 0 Å². The van der Waals surface area contributed by atoms with Gasteiger partial charge in [-0.05, 0) is 19.5 Å². The van der Waals surface area contributed by atoms with Crippen LogP contribution in [0.15, 0.2) is 0 Å². The van der Waals surface area contributed by atoms with Gasteiger partial charge in [0, 0.05) is 6.42 Å². The first kappa shape index (κ1) is 22.5. The molecule has 8 nitrogen and oxygen atoms in total. The largest absolute Gasteiger partial charge is 1.00 e. The summed E-state index contributed by atoms with van der Waals surface area (Å²) in [5.41, 5.74) is 0. The molecule has 0 heterocycles. The maximum atomic E-state index is 11.0. The number of unbranched alkanes of at least 4 members (excludes halogenated alkanes) is 2. The molecule has 0 amide bonds. The number of hydrogen-bond donors (Lipinski definition) is 5. The van der Waals surface area contributed by atoms with Crippen LogP contribution in [0.1, 0.15) is 32.6 Å². The molecule has 0 saturated heterocycles. The van der Waals surface area contributed by atoms with E-state index in [4.69, 9.17) is 14.7 Å². The van der Waals surface area contributed by atoms with Crippen molar-refractivity contribution < 1.29 is 63.4 Å². The second-order valence-electron chi connectivity index (χ2n) is 4.05. The SMILES string of the molecule is CCCCCNCCC(O)(P(=O)([O-])O)P(=O)(O)O.[Na+]. The average Bonchev–Trinajstić information content (AvgIpc) is 2.19. The molecule has 0 aromatic heterocycles. The molecule has 0 fully saturated rings. The molecule has 0 aliphatic rings. The minimum atomic E-state index is -5.57. The van der Waals surface area contributed by atoms with Crippen molar-refractivity contribution in [2.75, 3.05) is 13.1 Å². The number of aliphatic hydroxyl groups is 1. The van der Waals surface area contributed by atoms with E-state index in [2.05, 4.69) is 5.32 Å². The fourth-order valence-corrected chi connectivity index (χ4v) is 3.45. The summed E-state index contributed by atoms with van der Waals surface area (Å²) in [6.07, 6.45) is 2.02. The second kappa shape index (κ2) is 9.28. The summed E-state index contributed by atoms with van der Waals surface area (Å²) in [6, 6.07) is 0. The summed E-state index contributed by atoms with van der Waals surface area (Å²) >= 11 is 0. The predicted octanol–water partition coefficient (Wildman–Crippen LogP) is -3.47. The minimum absolute atomic E-state index is 0. The molecular weight excluding hydrogens is 307 g/mol. The third-order valence-corrected chi connectivity index (χ3v) is 6.34. The average molecular weight is 327 g/mol. The van der Waals surface area contributed by atoms with Gasteiger partial charge in [0.2, 0.25) is 5.08 Å². The Morgan fingerprint density at radius 3 is 2.05 bits per heavy atom. The minimum Gasteiger partial charge on any atom is -0.776 e. The molecule has 11 heteroatoms. The Bertz CT molecular complexity index is 320. The summed E-state index contributed by atoms with van der Waals surface area (Å²) < 4.78 is 21.8. The molecule has 0 radical (unpaired) electrons. The van der Waals surface area contributed by atoms with Gasteiger partial charge in [-0.1, -0.05) is 19.8 Å².